The summed E-state index contributed by atoms with van der Waals surface area (Å²) in [6.45, 7) is 1.61. The third-order valence-corrected chi connectivity index (χ3v) is 4.05. The Morgan fingerprint density at radius 1 is 1.24 bits per heavy atom. The van der Waals surface area contributed by atoms with Gasteiger partial charge in [0.15, 0.2) is 0 Å². The van der Waals surface area contributed by atoms with Crippen molar-refractivity contribution in [3.8, 4) is 5.75 Å². The first-order valence-corrected chi connectivity index (χ1v) is 7.36. The van der Waals surface area contributed by atoms with Gasteiger partial charge >= 0.3 is 0 Å². The number of nitrogen functional groups attached to an aromatic ring is 1. The normalized spacial score (nSPS) is 14.6. The van der Waals surface area contributed by atoms with Crippen LogP contribution in [0.2, 0.25) is 0 Å². The Bertz CT molecular complexity index is 664. The number of hydrogen-bond acceptors (Lipinski definition) is 3. The SMILES string of the molecule is CN(CCOc1ccc(C(=N)N)c2ccccc12)C1CC1. The van der Waals surface area contributed by atoms with E-state index >= 15 is 0 Å². The summed E-state index contributed by atoms with van der Waals surface area (Å²) in [5.74, 6) is 0.950. The molecule has 0 heterocycles. The van der Waals surface area contributed by atoms with E-state index < -0.39 is 0 Å². The van der Waals surface area contributed by atoms with Crippen molar-refractivity contribution < 1.29 is 4.74 Å². The number of fused-ring (bicyclic) bond motifs is 1. The highest BCUT2D eigenvalue weighted by molar-refractivity contribution is 6.09. The zero-order valence-corrected chi connectivity index (χ0v) is 12.3. The number of likely N-dealkylation sites (N-methyl/N-ethyl adjacent to an activating group) is 1. The van der Waals surface area contributed by atoms with Crippen LogP contribution in [0.5, 0.6) is 5.75 Å². The molecule has 1 saturated carbocycles. The van der Waals surface area contributed by atoms with Crippen molar-refractivity contribution in [2.75, 3.05) is 20.2 Å². The minimum atomic E-state index is 0.0891. The van der Waals surface area contributed by atoms with E-state index in [0.29, 0.717) is 6.61 Å². The molecule has 0 aromatic heterocycles. The minimum Gasteiger partial charge on any atom is -0.492 e. The number of benzene rings is 2. The summed E-state index contributed by atoms with van der Waals surface area (Å²) < 4.78 is 5.95. The Kier molecular flexibility index (Phi) is 3.80. The molecule has 0 aliphatic heterocycles. The molecule has 1 fully saturated rings. The van der Waals surface area contributed by atoms with E-state index in [-0.39, 0.29) is 5.84 Å². The van der Waals surface area contributed by atoms with E-state index in [2.05, 4.69) is 11.9 Å². The second-order valence-electron chi connectivity index (χ2n) is 5.63. The van der Waals surface area contributed by atoms with Gasteiger partial charge in [-0.25, -0.2) is 0 Å². The van der Waals surface area contributed by atoms with Crippen LogP contribution < -0.4 is 10.5 Å². The monoisotopic (exact) mass is 283 g/mol. The van der Waals surface area contributed by atoms with Gasteiger partial charge < -0.3 is 15.4 Å². The Labute approximate surface area is 125 Å². The van der Waals surface area contributed by atoms with Crippen molar-refractivity contribution in [1.82, 2.24) is 4.90 Å². The predicted molar refractivity (Wildman–Crippen MR) is 86.1 cm³/mol. The van der Waals surface area contributed by atoms with Crippen LogP contribution in [0.3, 0.4) is 0 Å². The van der Waals surface area contributed by atoms with E-state index in [1.165, 1.54) is 12.8 Å². The molecule has 0 radical (unpaired) electrons. The lowest BCUT2D eigenvalue weighted by atomic mass is 10.0. The zero-order chi connectivity index (χ0) is 14.8. The first-order valence-electron chi connectivity index (χ1n) is 7.36. The fraction of sp³-hybridized carbons (Fsp3) is 0.353. The lowest BCUT2D eigenvalue weighted by Crippen LogP contribution is -2.26. The Morgan fingerprint density at radius 3 is 2.62 bits per heavy atom. The molecule has 21 heavy (non-hydrogen) atoms. The van der Waals surface area contributed by atoms with Gasteiger partial charge in [-0.15, -0.1) is 0 Å². The number of nitrogens with two attached hydrogens (primary N) is 1. The van der Waals surface area contributed by atoms with Gasteiger partial charge in [-0.2, -0.15) is 0 Å². The molecule has 0 unspecified atom stereocenters. The molecule has 4 heteroatoms. The molecule has 0 saturated heterocycles. The minimum absolute atomic E-state index is 0.0891. The molecule has 2 aromatic rings. The summed E-state index contributed by atoms with van der Waals surface area (Å²) in [4.78, 5) is 2.35. The number of ether oxygens (including phenoxy) is 1. The van der Waals surface area contributed by atoms with Crippen molar-refractivity contribution in [3.63, 3.8) is 0 Å². The van der Waals surface area contributed by atoms with Gasteiger partial charge in [0.25, 0.3) is 0 Å². The van der Waals surface area contributed by atoms with Crippen molar-refractivity contribution >= 4 is 16.6 Å². The van der Waals surface area contributed by atoms with Crippen molar-refractivity contribution in [2.45, 2.75) is 18.9 Å². The molecular formula is C17H21N3O. The van der Waals surface area contributed by atoms with Crippen molar-refractivity contribution in [3.05, 3.63) is 42.0 Å². The van der Waals surface area contributed by atoms with E-state index in [4.69, 9.17) is 15.9 Å². The third kappa shape index (κ3) is 3.00. The van der Waals surface area contributed by atoms with Gasteiger partial charge in [-0.05, 0) is 37.4 Å². The van der Waals surface area contributed by atoms with Crippen LogP contribution >= 0.6 is 0 Å². The van der Waals surface area contributed by atoms with Gasteiger partial charge in [-0.1, -0.05) is 24.3 Å². The standard InChI is InChI=1S/C17H21N3O/c1-20(12-6-7-12)10-11-21-16-9-8-15(17(18)19)13-4-2-3-5-14(13)16/h2-5,8-9,12H,6-7,10-11H2,1H3,(H3,18,19). The molecule has 4 nitrogen and oxygen atoms in total. The Hall–Kier alpha value is -2.07. The summed E-state index contributed by atoms with van der Waals surface area (Å²) in [6.07, 6.45) is 2.62. The van der Waals surface area contributed by atoms with Crippen molar-refractivity contribution in [1.29, 1.82) is 5.41 Å². The largest absolute Gasteiger partial charge is 0.492 e. The molecule has 0 bridgehead atoms. The molecule has 0 spiro atoms. The Morgan fingerprint density at radius 2 is 1.95 bits per heavy atom. The van der Waals surface area contributed by atoms with Gasteiger partial charge in [0.1, 0.15) is 18.2 Å². The fourth-order valence-electron chi connectivity index (χ4n) is 2.63. The van der Waals surface area contributed by atoms with Crippen LogP contribution in [0, 0.1) is 5.41 Å². The number of nitrogens with one attached hydrogen (secondary N) is 1. The van der Waals surface area contributed by atoms with E-state index in [1.54, 1.807) is 0 Å². The average Bonchev–Trinajstić information content (AvgIpc) is 3.31. The van der Waals surface area contributed by atoms with E-state index in [9.17, 15) is 0 Å². The first-order chi connectivity index (χ1) is 10.2. The zero-order valence-electron chi connectivity index (χ0n) is 12.3. The lowest BCUT2D eigenvalue weighted by Gasteiger charge is -2.17. The second kappa shape index (κ2) is 5.74. The van der Waals surface area contributed by atoms with E-state index in [1.807, 2.05) is 36.4 Å². The van der Waals surface area contributed by atoms with E-state index in [0.717, 1.165) is 34.7 Å². The fourth-order valence-corrected chi connectivity index (χ4v) is 2.63. The molecule has 1 aliphatic rings. The van der Waals surface area contributed by atoms with Gasteiger partial charge in [0, 0.05) is 23.5 Å². The summed E-state index contributed by atoms with van der Waals surface area (Å²) in [5, 5.41) is 9.65. The summed E-state index contributed by atoms with van der Waals surface area (Å²) in [6, 6.07) is 12.5. The topological polar surface area (TPSA) is 62.3 Å². The maximum Gasteiger partial charge on any atom is 0.127 e. The van der Waals surface area contributed by atoms with Crippen molar-refractivity contribution in [2.24, 2.45) is 5.73 Å². The van der Waals surface area contributed by atoms with Gasteiger partial charge in [0.2, 0.25) is 0 Å². The summed E-state index contributed by atoms with van der Waals surface area (Å²) in [7, 11) is 2.15. The highest BCUT2D eigenvalue weighted by Gasteiger charge is 2.25. The molecule has 110 valence electrons. The molecule has 0 amide bonds. The third-order valence-electron chi connectivity index (χ3n) is 4.05. The van der Waals surface area contributed by atoms with Crippen LogP contribution in [0.4, 0.5) is 0 Å². The highest BCUT2D eigenvalue weighted by atomic mass is 16.5. The molecule has 0 atom stereocenters. The number of hydrogen-bond donors (Lipinski definition) is 2. The molecule has 1 aliphatic carbocycles. The van der Waals surface area contributed by atoms with Crippen LogP contribution in [-0.2, 0) is 0 Å². The number of nitrogens with zero attached hydrogens (tertiary/aromatic N) is 1. The maximum atomic E-state index is 7.67. The Balaban J connectivity index is 1.78. The number of rotatable bonds is 6. The van der Waals surface area contributed by atoms with Crippen LogP contribution in [-0.4, -0.2) is 37.0 Å². The molecule has 2 aromatic carbocycles. The number of amidine groups is 1. The van der Waals surface area contributed by atoms with Crippen LogP contribution in [0.25, 0.3) is 10.8 Å². The average molecular weight is 283 g/mol. The quantitative estimate of drug-likeness (QED) is 0.633. The van der Waals surface area contributed by atoms with Crippen LogP contribution in [0.1, 0.15) is 18.4 Å². The smallest absolute Gasteiger partial charge is 0.127 e. The van der Waals surface area contributed by atoms with Gasteiger partial charge in [-0.3, -0.25) is 5.41 Å². The lowest BCUT2D eigenvalue weighted by molar-refractivity contribution is 0.233. The van der Waals surface area contributed by atoms with Gasteiger partial charge in [0.05, 0.1) is 0 Å². The maximum absolute atomic E-state index is 7.67. The summed E-state index contributed by atoms with van der Waals surface area (Å²) in [5.41, 5.74) is 6.40. The molecule has 3 N–H and O–H groups in total. The molecular weight excluding hydrogens is 262 g/mol. The predicted octanol–water partition coefficient (Wildman–Crippen LogP) is 2.60. The molecule has 3 rings (SSSR count). The second-order valence-corrected chi connectivity index (χ2v) is 5.63. The highest BCUT2D eigenvalue weighted by Crippen LogP contribution is 2.29. The van der Waals surface area contributed by atoms with Crippen LogP contribution in [0.15, 0.2) is 36.4 Å². The first kappa shape index (κ1) is 13.9. The summed E-state index contributed by atoms with van der Waals surface area (Å²) >= 11 is 0.